The van der Waals surface area contributed by atoms with Gasteiger partial charge in [0.15, 0.2) is 0 Å². The van der Waals surface area contributed by atoms with Crippen LogP contribution in [0.1, 0.15) is 39.5 Å². The third-order valence-electron chi connectivity index (χ3n) is 2.15. The van der Waals surface area contributed by atoms with Crippen molar-refractivity contribution < 1.29 is 15.0 Å². The molecule has 2 unspecified atom stereocenters. The Bertz CT molecular complexity index is 161. The summed E-state index contributed by atoms with van der Waals surface area (Å²) in [7, 11) is 0. The Balaban J connectivity index is 3.78. The van der Waals surface area contributed by atoms with Crippen molar-refractivity contribution in [3.05, 3.63) is 0 Å². The zero-order valence-corrected chi connectivity index (χ0v) is 8.99. The van der Waals surface area contributed by atoms with Gasteiger partial charge in [-0.15, -0.1) is 0 Å². The molecule has 3 N–H and O–H groups in total. The van der Waals surface area contributed by atoms with Gasteiger partial charge in [0, 0.05) is 6.92 Å². The zero-order chi connectivity index (χ0) is 11.0. The summed E-state index contributed by atoms with van der Waals surface area (Å²) < 4.78 is 0. The smallest absolute Gasteiger partial charge is 0.217 e. The topological polar surface area (TPSA) is 69.6 Å². The molecule has 14 heavy (non-hydrogen) atoms. The second-order valence-electron chi connectivity index (χ2n) is 3.55. The summed E-state index contributed by atoms with van der Waals surface area (Å²) in [5.41, 5.74) is 0. The minimum Gasteiger partial charge on any atom is -0.394 e. The van der Waals surface area contributed by atoms with Crippen molar-refractivity contribution in [2.75, 3.05) is 6.61 Å². The Labute approximate surface area is 85.3 Å². The minimum absolute atomic E-state index is 0.215. The molecule has 4 heteroatoms. The van der Waals surface area contributed by atoms with E-state index in [1.807, 2.05) is 0 Å². The van der Waals surface area contributed by atoms with E-state index in [2.05, 4.69) is 12.2 Å². The second-order valence-corrected chi connectivity index (χ2v) is 3.55. The summed E-state index contributed by atoms with van der Waals surface area (Å²) in [5.74, 6) is -0.224. The molecule has 0 bridgehead atoms. The van der Waals surface area contributed by atoms with Gasteiger partial charge in [0.25, 0.3) is 0 Å². The lowest BCUT2D eigenvalue weighted by atomic mass is 10.0. The third-order valence-corrected chi connectivity index (χ3v) is 2.15. The number of carbonyl (C=O) groups is 1. The fourth-order valence-electron chi connectivity index (χ4n) is 1.33. The quantitative estimate of drug-likeness (QED) is 0.525. The largest absolute Gasteiger partial charge is 0.394 e. The van der Waals surface area contributed by atoms with Gasteiger partial charge in [0.2, 0.25) is 5.91 Å². The van der Waals surface area contributed by atoms with Gasteiger partial charge in [-0.25, -0.2) is 0 Å². The van der Waals surface area contributed by atoms with E-state index in [1.165, 1.54) is 6.92 Å². The van der Waals surface area contributed by atoms with E-state index in [1.54, 1.807) is 0 Å². The van der Waals surface area contributed by atoms with Gasteiger partial charge in [-0.05, 0) is 6.42 Å². The van der Waals surface area contributed by atoms with Crippen LogP contribution in [-0.2, 0) is 4.79 Å². The number of hydrogen-bond acceptors (Lipinski definition) is 3. The van der Waals surface area contributed by atoms with Crippen LogP contribution in [0.25, 0.3) is 0 Å². The molecule has 84 valence electrons. The van der Waals surface area contributed by atoms with Gasteiger partial charge < -0.3 is 15.5 Å². The number of aliphatic hydroxyl groups excluding tert-OH is 2. The van der Waals surface area contributed by atoms with E-state index in [0.717, 1.165) is 19.3 Å². The molecule has 0 saturated heterocycles. The summed E-state index contributed by atoms with van der Waals surface area (Å²) in [6.45, 7) is 3.25. The second kappa shape index (κ2) is 7.76. The van der Waals surface area contributed by atoms with Crippen molar-refractivity contribution in [1.29, 1.82) is 0 Å². The molecule has 2 atom stereocenters. The Morgan fingerprint density at radius 1 is 1.43 bits per heavy atom. The van der Waals surface area contributed by atoms with Crippen LogP contribution in [0.4, 0.5) is 0 Å². The van der Waals surface area contributed by atoms with Crippen molar-refractivity contribution in [2.24, 2.45) is 0 Å². The van der Waals surface area contributed by atoms with Gasteiger partial charge in [-0.1, -0.05) is 26.2 Å². The minimum atomic E-state index is -0.643. The lowest BCUT2D eigenvalue weighted by Gasteiger charge is -2.21. The first-order chi connectivity index (χ1) is 6.61. The Kier molecular flexibility index (Phi) is 7.42. The highest BCUT2D eigenvalue weighted by atomic mass is 16.3. The molecular weight excluding hydrogens is 182 g/mol. The Morgan fingerprint density at radius 3 is 2.50 bits per heavy atom. The molecule has 0 heterocycles. The zero-order valence-electron chi connectivity index (χ0n) is 8.99. The fraction of sp³-hybridized carbons (Fsp3) is 0.900. The van der Waals surface area contributed by atoms with E-state index >= 15 is 0 Å². The summed E-state index contributed by atoms with van der Waals surface area (Å²) in [5, 5.41) is 21.1. The molecule has 0 aromatic heterocycles. The van der Waals surface area contributed by atoms with Crippen molar-refractivity contribution in [3.8, 4) is 0 Å². The molecule has 0 spiro atoms. The standard InChI is InChI=1S/C10H21NO3/c1-3-4-5-6-10(14)9(7-12)11-8(2)13/h9-10,12,14H,3-7H2,1-2H3,(H,11,13). The van der Waals surface area contributed by atoms with E-state index in [4.69, 9.17) is 5.11 Å². The Morgan fingerprint density at radius 2 is 2.07 bits per heavy atom. The van der Waals surface area contributed by atoms with Crippen LogP contribution in [0.5, 0.6) is 0 Å². The highest BCUT2D eigenvalue weighted by molar-refractivity contribution is 5.73. The average Bonchev–Trinajstić information content (AvgIpc) is 2.14. The summed E-state index contributed by atoms with van der Waals surface area (Å²) >= 11 is 0. The van der Waals surface area contributed by atoms with Crippen LogP contribution in [0.3, 0.4) is 0 Å². The summed E-state index contributed by atoms with van der Waals surface area (Å²) in [6.07, 6.45) is 3.06. The van der Waals surface area contributed by atoms with Gasteiger partial charge >= 0.3 is 0 Å². The SMILES string of the molecule is CCCCCC(O)C(CO)NC(C)=O. The number of nitrogens with one attached hydrogen (secondary N) is 1. The molecule has 0 rings (SSSR count). The van der Waals surface area contributed by atoms with Crippen molar-refractivity contribution in [2.45, 2.75) is 51.7 Å². The molecule has 1 amide bonds. The molecule has 0 aliphatic heterocycles. The lowest BCUT2D eigenvalue weighted by molar-refractivity contribution is -0.121. The first kappa shape index (κ1) is 13.4. The number of amides is 1. The van der Waals surface area contributed by atoms with Gasteiger partial charge in [0.05, 0.1) is 18.8 Å². The van der Waals surface area contributed by atoms with Crippen molar-refractivity contribution in [1.82, 2.24) is 5.32 Å². The lowest BCUT2D eigenvalue weighted by Crippen LogP contribution is -2.44. The third kappa shape index (κ3) is 5.94. The van der Waals surface area contributed by atoms with Crippen LogP contribution in [-0.4, -0.2) is 34.9 Å². The van der Waals surface area contributed by atoms with Crippen LogP contribution in [0.2, 0.25) is 0 Å². The van der Waals surface area contributed by atoms with Crippen LogP contribution in [0, 0.1) is 0 Å². The maximum Gasteiger partial charge on any atom is 0.217 e. The number of unbranched alkanes of at least 4 members (excludes halogenated alkanes) is 2. The average molecular weight is 203 g/mol. The molecule has 0 aliphatic carbocycles. The summed E-state index contributed by atoms with van der Waals surface area (Å²) in [4.78, 5) is 10.7. The fourth-order valence-corrected chi connectivity index (χ4v) is 1.33. The monoisotopic (exact) mass is 203 g/mol. The van der Waals surface area contributed by atoms with E-state index in [-0.39, 0.29) is 12.5 Å². The number of aliphatic hydroxyl groups is 2. The van der Waals surface area contributed by atoms with Gasteiger partial charge in [-0.3, -0.25) is 4.79 Å². The normalized spacial score (nSPS) is 14.9. The van der Waals surface area contributed by atoms with Crippen molar-refractivity contribution in [3.63, 3.8) is 0 Å². The molecule has 0 aromatic carbocycles. The van der Waals surface area contributed by atoms with Crippen LogP contribution in [0.15, 0.2) is 0 Å². The maximum absolute atomic E-state index is 10.7. The number of hydrogen-bond donors (Lipinski definition) is 3. The number of carbonyl (C=O) groups excluding carboxylic acids is 1. The Hall–Kier alpha value is -0.610. The van der Waals surface area contributed by atoms with E-state index in [0.29, 0.717) is 6.42 Å². The van der Waals surface area contributed by atoms with Crippen LogP contribution < -0.4 is 5.32 Å². The first-order valence-corrected chi connectivity index (χ1v) is 5.17. The number of rotatable bonds is 7. The predicted molar refractivity (Wildman–Crippen MR) is 54.8 cm³/mol. The van der Waals surface area contributed by atoms with Gasteiger partial charge in [-0.2, -0.15) is 0 Å². The highest BCUT2D eigenvalue weighted by Gasteiger charge is 2.18. The van der Waals surface area contributed by atoms with Crippen molar-refractivity contribution >= 4 is 5.91 Å². The molecular formula is C10H21NO3. The molecule has 0 fully saturated rings. The van der Waals surface area contributed by atoms with E-state index < -0.39 is 12.1 Å². The molecule has 0 aliphatic rings. The molecule has 0 radical (unpaired) electrons. The highest BCUT2D eigenvalue weighted by Crippen LogP contribution is 2.06. The first-order valence-electron chi connectivity index (χ1n) is 5.17. The predicted octanol–water partition coefficient (Wildman–Crippen LogP) is 0.425. The summed E-state index contributed by atoms with van der Waals surface area (Å²) in [6, 6.07) is -0.524. The van der Waals surface area contributed by atoms with Gasteiger partial charge in [0.1, 0.15) is 0 Å². The maximum atomic E-state index is 10.7. The molecule has 0 aromatic rings. The molecule has 0 saturated carbocycles. The molecule has 4 nitrogen and oxygen atoms in total. The van der Waals surface area contributed by atoms with Crippen LogP contribution >= 0.6 is 0 Å². The van der Waals surface area contributed by atoms with E-state index in [9.17, 15) is 9.90 Å².